The van der Waals surface area contributed by atoms with Crippen LogP contribution in [0.2, 0.25) is 0 Å². The van der Waals surface area contributed by atoms with Crippen LogP contribution in [0.3, 0.4) is 0 Å². The third-order valence-electron chi connectivity index (χ3n) is 4.32. The third-order valence-corrected chi connectivity index (χ3v) is 4.32. The highest BCUT2D eigenvalue weighted by atomic mass is 16.5. The van der Waals surface area contributed by atoms with Crippen LogP contribution < -0.4 is 0 Å². The maximum atomic E-state index is 11.4. The van der Waals surface area contributed by atoms with Gasteiger partial charge in [-0.3, -0.25) is 4.79 Å². The minimum Gasteiger partial charge on any atom is -0.465 e. The van der Waals surface area contributed by atoms with Crippen molar-refractivity contribution >= 4 is 17.9 Å². The molecule has 174 valence electrons. The summed E-state index contributed by atoms with van der Waals surface area (Å²) in [6, 6.07) is 13.3. The lowest BCUT2D eigenvalue weighted by Gasteiger charge is -2.10. The van der Waals surface area contributed by atoms with E-state index in [9.17, 15) is 14.4 Å². The second-order valence-corrected chi connectivity index (χ2v) is 6.88. The third kappa shape index (κ3) is 9.63. The van der Waals surface area contributed by atoms with Gasteiger partial charge in [0.15, 0.2) is 0 Å². The van der Waals surface area contributed by atoms with E-state index < -0.39 is 24.0 Å². The van der Waals surface area contributed by atoms with Crippen LogP contribution in [0.4, 0.5) is 0 Å². The Morgan fingerprint density at radius 1 is 0.686 bits per heavy atom. The van der Waals surface area contributed by atoms with Crippen molar-refractivity contribution in [3.63, 3.8) is 0 Å². The first-order chi connectivity index (χ1) is 16.9. The van der Waals surface area contributed by atoms with E-state index in [1.165, 1.54) is 21.1 Å². The van der Waals surface area contributed by atoms with Gasteiger partial charge in [0.2, 0.25) is 0 Å². The smallest absolute Gasteiger partial charge is 0.337 e. The highest BCUT2D eigenvalue weighted by molar-refractivity contribution is 5.89. The molecule has 2 rings (SSSR count). The molecule has 2 aromatic rings. The maximum Gasteiger partial charge on any atom is 0.337 e. The predicted octanol–water partition coefficient (Wildman–Crippen LogP) is 3.38. The van der Waals surface area contributed by atoms with Gasteiger partial charge in [-0.25, -0.2) is 9.59 Å². The number of benzene rings is 2. The summed E-state index contributed by atoms with van der Waals surface area (Å²) in [5, 5.41) is 0. The zero-order valence-electron chi connectivity index (χ0n) is 19.6. The summed E-state index contributed by atoms with van der Waals surface area (Å²) in [7, 11) is 2.64. The first-order valence-electron chi connectivity index (χ1n) is 10.4. The molecule has 0 aliphatic heterocycles. The molecule has 0 saturated carbocycles. The topological polar surface area (TPSA) is 78.9 Å². The van der Waals surface area contributed by atoms with Crippen LogP contribution in [0.25, 0.3) is 0 Å². The van der Waals surface area contributed by atoms with Gasteiger partial charge < -0.3 is 14.2 Å². The van der Waals surface area contributed by atoms with Crippen LogP contribution in [0.5, 0.6) is 0 Å². The van der Waals surface area contributed by atoms with Crippen LogP contribution in [0, 0.1) is 47.4 Å². The number of carbonyl (C=O) groups excluding carboxylic acids is 3. The van der Waals surface area contributed by atoms with Crippen LogP contribution in [-0.4, -0.2) is 38.2 Å². The minimum absolute atomic E-state index is 0.270. The van der Waals surface area contributed by atoms with Gasteiger partial charge in [-0.2, -0.15) is 0 Å². The van der Waals surface area contributed by atoms with Crippen molar-refractivity contribution in [3.8, 4) is 47.4 Å². The van der Waals surface area contributed by atoms with E-state index >= 15 is 0 Å². The summed E-state index contributed by atoms with van der Waals surface area (Å²) in [5.41, 5.74) is 2.28. The molecule has 0 radical (unpaired) electrons. The van der Waals surface area contributed by atoms with E-state index in [0.29, 0.717) is 22.3 Å². The summed E-state index contributed by atoms with van der Waals surface area (Å²) in [4.78, 5) is 34.2. The predicted molar refractivity (Wildman–Crippen MR) is 130 cm³/mol. The molecule has 0 aliphatic rings. The molecule has 0 bridgehead atoms. The Labute approximate surface area is 205 Å². The second-order valence-electron chi connectivity index (χ2n) is 6.88. The molecule has 6 nitrogen and oxygen atoms in total. The van der Waals surface area contributed by atoms with Crippen LogP contribution >= 0.6 is 0 Å². The van der Waals surface area contributed by atoms with Gasteiger partial charge in [-0.05, 0) is 72.2 Å². The van der Waals surface area contributed by atoms with Crippen molar-refractivity contribution in [2.24, 2.45) is 0 Å². The Balaban J connectivity index is 1.93. The van der Waals surface area contributed by atoms with Gasteiger partial charge in [0.1, 0.15) is 6.10 Å². The minimum atomic E-state index is -0.505. The zero-order chi connectivity index (χ0) is 25.5. The lowest BCUT2D eigenvalue weighted by atomic mass is 10.1. The van der Waals surface area contributed by atoms with Crippen molar-refractivity contribution < 1.29 is 28.6 Å². The molecule has 0 unspecified atom stereocenters. The average Bonchev–Trinajstić information content (AvgIpc) is 2.87. The first-order valence-corrected chi connectivity index (χ1v) is 10.4. The highest BCUT2D eigenvalue weighted by Gasteiger charge is 2.08. The fourth-order valence-corrected chi connectivity index (χ4v) is 2.63. The zero-order valence-corrected chi connectivity index (χ0v) is 19.6. The van der Waals surface area contributed by atoms with E-state index in [1.54, 1.807) is 48.5 Å². The van der Waals surface area contributed by atoms with Crippen molar-refractivity contribution in [3.05, 3.63) is 70.8 Å². The maximum absolute atomic E-state index is 11.4. The van der Waals surface area contributed by atoms with Crippen LogP contribution in [0.15, 0.2) is 48.5 Å². The number of esters is 3. The van der Waals surface area contributed by atoms with E-state index in [0.717, 1.165) is 0 Å². The summed E-state index contributed by atoms with van der Waals surface area (Å²) >= 11 is 0. The summed E-state index contributed by atoms with van der Waals surface area (Å²) in [6.45, 7) is 1.32. The lowest BCUT2D eigenvalue weighted by molar-refractivity contribution is -0.145. The van der Waals surface area contributed by atoms with Crippen molar-refractivity contribution in [2.75, 3.05) is 14.2 Å². The van der Waals surface area contributed by atoms with E-state index in [4.69, 9.17) is 4.74 Å². The lowest BCUT2D eigenvalue weighted by Crippen LogP contribution is -2.14. The van der Waals surface area contributed by atoms with Crippen LogP contribution in [0.1, 0.15) is 51.6 Å². The monoisotopic (exact) mass is 466 g/mol. The molecule has 0 heterocycles. The summed E-state index contributed by atoms with van der Waals surface area (Å²) in [6.07, 6.45) is 0.0361. The van der Waals surface area contributed by atoms with Gasteiger partial charge in [0.05, 0.1) is 25.3 Å². The van der Waals surface area contributed by atoms with Gasteiger partial charge in [0, 0.05) is 30.9 Å². The van der Waals surface area contributed by atoms with Gasteiger partial charge in [-0.1, -0.05) is 23.7 Å². The number of ether oxygens (including phenoxy) is 3. The highest BCUT2D eigenvalue weighted by Crippen LogP contribution is 2.06. The van der Waals surface area contributed by atoms with E-state index in [1.807, 2.05) is 0 Å². The molecular weight excluding hydrogens is 444 g/mol. The molecule has 0 N–H and O–H groups in total. The Morgan fingerprint density at radius 3 is 1.43 bits per heavy atom. The number of carbonyl (C=O) groups is 3. The molecule has 0 fully saturated rings. The van der Waals surface area contributed by atoms with Crippen molar-refractivity contribution in [1.29, 1.82) is 0 Å². The molecule has 0 atom stereocenters. The second kappa shape index (κ2) is 14.3. The van der Waals surface area contributed by atoms with Gasteiger partial charge in [0.25, 0.3) is 0 Å². The fourth-order valence-electron chi connectivity index (χ4n) is 2.63. The normalized spacial score (nSPS) is 8.91. The standard InChI is InChI=1S/C29H22O6/c1-22(30)35-27(12-8-4-6-10-23-14-18-25(19-15-23)28(31)33-2)13-9-5-7-11-24-16-20-26(21-17-24)29(32)34-3/h14-21,27H,12-13H2,1-3H3. The molecule has 0 aliphatic carbocycles. The molecule has 0 spiro atoms. The molecule has 6 heteroatoms. The number of rotatable bonds is 5. The molecule has 35 heavy (non-hydrogen) atoms. The van der Waals surface area contributed by atoms with Crippen LogP contribution in [-0.2, 0) is 19.0 Å². The van der Waals surface area contributed by atoms with Crippen molar-refractivity contribution in [2.45, 2.75) is 25.9 Å². The molecular formula is C29H22O6. The van der Waals surface area contributed by atoms with E-state index in [-0.39, 0.29) is 12.8 Å². The van der Waals surface area contributed by atoms with Gasteiger partial charge in [-0.15, -0.1) is 0 Å². The number of hydrogen-bond acceptors (Lipinski definition) is 6. The Hall–Kier alpha value is -4.91. The summed E-state index contributed by atoms with van der Waals surface area (Å²) < 4.78 is 14.5. The number of hydrogen-bond donors (Lipinski definition) is 0. The Kier molecular flexibility index (Phi) is 10.7. The fraction of sp³-hybridized carbons (Fsp3) is 0.207. The van der Waals surface area contributed by atoms with E-state index in [2.05, 4.69) is 56.8 Å². The SMILES string of the molecule is COC(=O)c1ccc(C#CC#CCC(CC#CC#Cc2ccc(C(=O)OC)cc2)OC(C)=O)cc1. The largest absolute Gasteiger partial charge is 0.465 e. The number of methoxy groups -OCH3 is 2. The Bertz CT molecular complexity index is 1210. The Morgan fingerprint density at radius 2 is 1.09 bits per heavy atom. The quantitative estimate of drug-likeness (QED) is 0.382. The van der Waals surface area contributed by atoms with Crippen molar-refractivity contribution in [1.82, 2.24) is 0 Å². The van der Waals surface area contributed by atoms with Gasteiger partial charge >= 0.3 is 17.9 Å². The molecule has 0 aromatic heterocycles. The molecule has 0 saturated heterocycles. The first kappa shape index (κ1) is 26.3. The summed E-state index contributed by atoms with van der Waals surface area (Å²) in [5.74, 6) is 21.1. The average molecular weight is 466 g/mol. The molecule has 2 aromatic carbocycles. The molecule has 0 amide bonds.